The summed E-state index contributed by atoms with van der Waals surface area (Å²) in [4.78, 5) is 36.4. The van der Waals surface area contributed by atoms with Crippen molar-refractivity contribution in [1.29, 1.82) is 0 Å². The normalized spacial score (nSPS) is 13.6. The van der Waals surface area contributed by atoms with Gasteiger partial charge in [-0.25, -0.2) is 4.79 Å². The van der Waals surface area contributed by atoms with Crippen LogP contribution in [0, 0.1) is 19.8 Å². The SMILES string of the molecule is CCOC(=O)c1cc(C)n(CC(=O)Nc2ccc(NC(=O)C3CC3)cc2C(F)(F)F)c1C. The minimum absolute atomic E-state index is 0.0170. The molecule has 10 heteroatoms. The average Bonchev–Trinajstić information content (AvgIpc) is 3.51. The van der Waals surface area contributed by atoms with E-state index in [-0.39, 0.29) is 30.7 Å². The molecule has 0 aliphatic heterocycles. The summed E-state index contributed by atoms with van der Waals surface area (Å²) in [5.41, 5.74) is -0.0972. The van der Waals surface area contributed by atoms with Gasteiger partial charge < -0.3 is 19.9 Å². The van der Waals surface area contributed by atoms with Crippen LogP contribution in [0.2, 0.25) is 0 Å². The second kappa shape index (κ2) is 9.05. The zero-order valence-corrected chi connectivity index (χ0v) is 17.9. The first-order valence-electron chi connectivity index (χ1n) is 10.2. The fraction of sp³-hybridized carbons (Fsp3) is 0.409. The van der Waals surface area contributed by atoms with E-state index in [1.807, 2.05) is 0 Å². The minimum atomic E-state index is -4.74. The van der Waals surface area contributed by atoms with Crippen molar-refractivity contribution in [3.8, 4) is 0 Å². The number of benzene rings is 1. The molecular weight excluding hydrogens is 427 g/mol. The molecule has 1 aromatic heterocycles. The maximum absolute atomic E-state index is 13.6. The maximum atomic E-state index is 13.6. The number of amides is 2. The Morgan fingerprint density at radius 1 is 1.12 bits per heavy atom. The van der Waals surface area contributed by atoms with Crippen LogP contribution in [-0.2, 0) is 27.0 Å². The summed E-state index contributed by atoms with van der Waals surface area (Å²) < 4.78 is 47.3. The lowest BCUT2D eigenvalue weighted by molar-refractivity contribution is -0.137. The Morgan fingerprint density at radius 2 is 1.81 bits per heavy atom. The van der Waals surface area contributed by atoms with Crippen LogP contribution in [0.1, 0.15) is 47.1 Å². The van der Waals surface area contributed by atoms with E-state index in [9.17, 15) is 27.6 Å². The third-order valence-corrected chi connectivity index (χ3v) is 5.19. The summed E-state index contributed by atoms with van der Waals surface area (Å²) in [7, 11) is 0. The van der Waals surface area contributed by atoms with Crippen molar-refractivity contribution in [2.75, 3.05) is 17.2 Å². The van der Waals surface area contributed by atoms with E-state index >= 15 is 0 Å². The summed E-state index contributed by atoms with van der Waals surface area (Å²) in [6.45, 7) is 4.90. The number of hydrogen-bond acceptors (Lipinski definition) is 4. The lowest BCUT2D eigenvalue weighted by Gasteiger charge is -2.17. The molecule has 32 heavy (non-hydrogen) atoms. The number of carbonyl (C=O) groups is 3. The Bertz CT molecular complexity index is 1060. The zero-order valence-electron chi connectivity index (χ0n) is 17.9. The maximum Gasteiger partial charge on any atom is 0.418 e. The number of nitrogens with zero attached hydrogens (tertiary/aromatic N) is 1. The lowest BCUT2D eigenvalue weighted by Crippen LogP contribution is -2.23. The molecule has 2 aromatic rings. The van der Waals surface area contributed by atoms with E-state index < -0.39 is 29.3 Å². The molecule has 3 rings (SSSR count). The van der Waals surface area contributed by atoms with Crippen LogP contribution in [0.15, 0.2) is 24.3 Å². The van der Waals surface area contributed by atoms with Crippen molar-refractivity contribution in [3.05, 3.63) is 46.8 Å². The number of halogens is 3. The molecule has 0 atom stereocenters. The molecule has 0 spiro atoms. The van der Waals surface area contributed by atoms with E-state index in [0.29, 0.717) is 17.0 Å². The highest BCUT2D eigenvalue weighted by molar-refractivity contribution is 5.96. The van der Waals surface area contributed by atoms with Crippen LogP contribution < -0.4 is 10.6 Å². The number of hydrogen-bond donors (Lipinski definition) is 2. The van der Waals surface area contributed by atoms with Gasteiger partial charge in [-0.1, -0.05) is 0 Å². The first-order chi connectivity index (χ1) is 15.0. The van der Waals surface area contributed by atoms with Gasteiger partial charge in [0, 0.05) is 23.0 Å². The van der Waals surface area contributed by atoms with Gasteiger partial charge >= 0.3 is 12.1 Å². The second-order valence-corrected chi connectivity index (χ2v) is 7.66. The molecular formula is C22H24F3N3O4. The monoisotopic (exact) mass is 451 g/mol. The van der Waals surface area contributed by atoms with E-state index in [0.717, 1.165) is 25.0 Å². The van der Waals surface area contributed by atoms with Gasteiger partial charge in [-0.15, -0.1) is 0 Å². The van der Waals surface area contributed by atoms with Gasteiger partial charge in [0.25, 0.3) is 0 Å². The van der Waals surface area contributed by atoms with E-state index in [4.69, 9.17) is 4.74 Å². The molecule has 7 nitrogen and oxygen atoms in total. The van der Waals surface area contributed by atoms with Gasteiger partial charge in [0.2, 0.25) is 11.8 Å². The number of aromatic nitrogens is 1. The number of alkyl halides is 3. The predicted octanol–water partition coefficient (Wildman–Crippen LogP) is 4.29. The Morgan fingerprint density at radius 3 is 2.41 bits per heavy atom. The number of anilines is 2. The van der Waals surface area contributed by atoms with Crippen LogP contribution in [-0.4, -0.2) is 29.0 Å². The molecule has 0 radical (unpaired) electrons. The van der Waals surface area contributed by atoms with Crippen molar-refractivity contribution in [3.63, 3.8) is 0 Å². The Kier molecular flexibility index (Phi) is 6.61. The molecule has 1 aliphatic carbocycles. The molecule has 1 saturated carbocycles. The largest absolute Gasteiger partial charge is 0.462 e. The molecule has 0 bridgehead atoms. The Balaban J connectivity index is 1.78. The molecule has 0 unspecified atom stereocenters. The molecule has 2 amide bonds. The van der Waals surface area contributed by atoms with Gasteiger partial charge in [0.15, 0.2) is 0 Å². The lowest BCUT2D eigenvalue weighted by atomic mass is 10.1. The van der Waals surface area contributed by atoms with Crippen molar-refractivity contribution < 1.29 is 32.3 Å². The van der Waals surface area contributed by atoms with Crippen LogP contribution in [0.4, 0.5) is 24.5 Å². The topological polar surface area (TPSA) is 89.4 Å². The zero-order chi connectivity index (χ0) is 23.6. The molecule has 2 N–H and O–H groups in total. The second-order valence-electron chi connectivity index (χ2n) is 7.66. The number of ether oxygens (including phenoxy) is 1. The fourth-order valence-corrected chi connectivity index (χ4v) is 3.35. The highest BCUT2D eigenvalue weighted by Gasteiger charge is 2.35. The van der Waals surface area contributed by atoms with Crippen LogP contribution in [0.25, 0.3) is 0 Å². The predicted molar refractivity (Wildman–Crippen MR) is 111 cm³/mol. The molecule has 0 saturated heterocycles. The van der Waals surface area contributed by atoms with E-state index in [2.05, 4.69) is 10.6 Å². The standard InChI is InChI=1S/C22H24F3N3O4/c1-4-32-21(31)16-9-12(2)28(13(16)3)11-19(29)27-18-8-7-15(10-17(18)22(23,24)25)26-20(30)14-5-6-14/h7-10,14H,4-6,11H2,1-3H3,(H,26,30)(H,27,29). The van der Waals surface area contributed by atoms with E-state index in [1.54, 1.807) is 26.8 Å². The number of carbonyl (C=O) groups excluding carboxylic acids is 3. The van der Waals surface area contributed by atoms with Crippen LogP contribution in [0.3, 0.4) is 0 Å². The number of esters is 1. The fourth-order valence-electron chi connectivity index (χ4n) is 3.35. The number of aryl methyl sites for hydroxylation is 1. The van der Waals surface area contributed by atoms with Gasteiger partial charge in [0.1, 0.15) is 6.54 Å². The summed E-state index contributed by atoms with van der Waals surface area (Å²) in [5, 5.41) is 4.77. The number of nitrogens with one attached hydrogen (secondary N) is 2. The Labute approximate surface area is 182 Å². The highest BCUT2D eigenvalue weighted by atomic mass is 19.4. The average molecular weight is 451 g/mol. The molecule has 172 valence electrons. The van der Waals surface area contributed by atoms with Crippen molar-refractivity contribution >= 4 is 29.2 Å². The van der Waals surface area contributed by atoms with Crippen LogP contribution >= 0.6 is 0 Å². The van der Waals surface area contributed by atoms with Gasteiger partial charge in [0.05, 0.1) is 23.4 Å². The van der Waals surface area contributed by atoms with Crippen molar-refractivity contribution in [2.45, 2.75) is 46.3 Å². The summed E-state index contributed by atoms with van der Waals surface area (Å²) in [6, 6.07) is 4.80. The summed E-state index contributed by atoms with van der Waals surface area (Å²) >= 11 is 0. The minimum Gasteiger partial charge on any atom is -0.462 e. The third-order valence-electron chi connectivity index (χ3n) is 5.19. The molecule has 1 aliphatic rings. The summed E-state index contributed by atoms with van der Waals surface area (Å²) in [6.07, 6.45) is -3.29. The Hall–Kier alpha value is -3.30. The first kappa shape index (κ1) is 23.4. The van der Waals surface area contributed by atoms with Gasteiger partial charge in [-0.05, 0) is 57.9 Å². The highest BCUT2D eigenvalue weighted by Crippen LogP contribution is 2.37. The quantitative estimate of drug-likeness (QED) is 0.615. The summed E-state index contributed by atoms with van der Waals surface area (Å²) in [5.74, 6) is -1.69. The smallest absolute Gasteiger partial charge is 0.418 e. The van der Waals surface area contributed by atoms with Gasteiger partial charge in [-0.3, -0.25) is 9.59 Å². The molecule has 1 heterocycles. The number of rotatable bonds is 7. The molecule has 1 aromatic carbocycles. The van der Waals surface area contributed by atoms with Crippen LogP contribution in [0.5, 0.6) is 0 Å². The molecule has 1 fully saturated rings. The van der Waals surface area contributed by atoms with Crippen molar-refractivity contribution in [1.82, 2.24) is 4.57 Å². The first-order valence-corrected chi connectivity index (χ1v) is 10.2. The van der Waals surface area contributed by atoms with Crippen molar-refractivity contribution in [2.24, 2.45) is 5.92 Å². The third kappa shape index (κ3) is 5.30. The van der Waals surface area contributed by atoms with E-state index in [1.165, 1.54) is 10.6 Å². The van der Waals surface area contributed by atoms with Gasteiger partial charge in [-0.2, -0.15) is 13.2 Å².